The van der Waals surface area contributed by atoms with E-state index in [2.05, 4.69) is 33.4 Å². The first-order valence-electron chi connectivity index (χ1n) is 10.5. The molecular formula is C26H27BrN2O3. The summed E-state index contributed by atoms with van der Waals surface area (Å²) in [5.41, 5.74) is 7.77. The highest BCUT2D eigenvalue weighted by Gasteiger charge is 2.12. The van der Waals surface area contributed by atoms with Crippen LogP contribution in [0.25, 0.3) is 0 Å². The van der Waals surface area contributed by atoms with E-state index in [1.807, 2.05) is 74.5 Å². The summed E-state index contributed by atoms with van der Waals surface area (Å²) in [6.07, 6.45) is 1.87. The average Bonchev–Trinajstić information content (AvgIpc) is 2.77. The summed E-state index contributed by atoms with van der Waals surface area (Å²) in [6.45, 7) is 6.94. The van der Waals surface area contributed by atoms with Gasteiger partial charge in [0.1, 0.15) is 6.61 Å². The van der Waals surface area contributed by atoms with Crippen molar-refractivity contribution in [1.82, 2.24) is 5.43 Å². The smallest absolute Gasteiger partial charge is 0.244 e. The third-order valence-electron chi connectivity index (χ3n) is 4.90. The number of hydrazone groups is 1. The number of benzene rings is 3. The van der Waals surface area contributed by atoms with Crippen LogP contribution in [-0.2, 0) is 17.8 Å². The second-order valence-electron chi connectivity index (χ2n) is 7.43. The van der Waals surface area contributed by atoms with E-state index >= 15 is 0 Å². The summed E-state index contributed by atoms with van der Waals surface area (Å²) in [4.78, 5) is 12.2. The second-order valence-corrected chi connectivity index (χ2v) is 8.28. The number of ether oxygens (including phenoxy) is 2. The Bertz CT molecular complexity index is 1100. The van der Waals surface area contributed by atoms with Gasteiger partial charge < -0.3 is 9.47 Å². The molecule has 166 valence electrons. The van der Waals surface area contributed by atoms with Gasteiger partial charge in [0.2, 0.25) is 5.91 Å². The number of carbonyl (C=O) groups excluding carboxylic acids is 1. The molecule has 0 fully saturated rings. The standard InChI is InChI=1S/C26H27BrN2O3/c1-4-31-24-14-22(13-23(27)26(24)32-17-20-8-6-5-7-9-20)16-28-29-25(30)15-21-11-10-18(2)19(3)12-21/h5-14,16H,4,15,17H2,1-3H3,(H,29,30)/b28-16-. The van der Waals surface area contributed by atoms with Crippen molar-refractivity contribution in [2.45, 2.75) is 33.8 Å². The van der Waals surface area contributed by atoms with E-state index in [1.165, 1.54) is 11.1 Å². The monoisotopic (exact) mass is 494 g/mol. The summed E-state index contributed by atoms with van der Waals surface area (Å²) in [5, 5.41) is 4.10. The molecule has 5 nitrogen and oxygen atoms in total. The summed E-state index contributed by atoms with van der Waals surface area (Å²) < 4.78 is 12.5. The zero-order valence-corrected chi connectivity index (χ0v) is 20.1. The molecule has 1 N–H and O–H groups in total. The molecule has 32 heavy (non-hydrogen) atoms. The van der Waals surface area contributed by atoms with E-state index in [0.717, 1.165) is 21.2 Å². The average molecular weight is 495 g/mol. The first-order valence-corrected chi connectivity index (χ1v) is 11.3. The number of amides is 1. The molecule has 0 spiro atoms. The lowest BCUT2D eigenvalue weighted by molar-refractivity contribution is -0.120. The first-order chi connectivity index (χ1) is 15.5. The molecule has 0 bridgehead atoms. The Morgan fingerprint density at radius 1 is 1.00 bits per heavy atom. The normalized spacial score (nSPS) is 10.9. The first kappa shape index (κ1) is 23.5. The maximum Gasteiger partial charge on any atom is 0.244 e. The maximum absolute atomic E-state index is 12.2. The number of aryl methyl sites for hydroxylation is 2. The van der Waals surface area contributed by atoms with E-state index in [1.54, 1.807) is 6.21 Å². The zero-order valence-electron chi connectivity index (χ0n) is 18.5. The van der Waals surface area contributed by atoms with E-state index in [4.69, 9.17) is 9.47 Å². The molecule has 3 aromatic carbocycles. The molecule has 3 aromatic rings. The lowest BCUT2D eigenvalue weighted by atomic mass is 10.0. The molecule has 0 saturated heterocycles. The lowest BCUT2D eigenvalue weighted by Gasteiger charge is -2.14. The minimum atomic E-state index is -0.170. The van der Waals surface area contributed by atoms with Crippen LogP contribution in [0.3, 0.4) is 0 Å². The van der Waals surface area contributed by atoms with Gasteiger partial charge in [-0.3, -0.25) is 4.79 Å². The molecule has 0 aromatic heterocycles. The molecule has 0 aliphatic rings. The number of rotatable bonds is 9. The van der Waals surface area contributed by atoms with Crippen LogP contribution in [0.4, 0.5) is 0 Å². The molecule has 1 amide bonds. The van der Waals surface area contributed by atoms with E-state index in [-0.39, 0.29) is 12.3 Å². The SMILES string of the molecule is CCOc1cc(/C=N\NC(=O)Cc2ccc(C)c(C)c2)cc(Br)c1OCc1ccccc1. The van der Waals surface area contributed by atoms with Gasteiger partial charge >= 0.3 is 0 Å². The van der Waals surface area contributed by atoms with Gasteiger partial charge in [-0.05, 0) is 76.7 Å². The largest absolute Gasteiger partial charge is 0.490 e. The molecule has 0 radical (unpaired) electrons. The number of nitrogens with one attached hydrogen (secondary N) is 1. The minimum Gasteiger partial charge on any atom is -0.490 e. The predicted molar refractivity (Wildman–Crippen MR) is 131 cm³/mol. The zero-order chi connectivity index (χ0) is 22.9. The van der Waals surface area contributed by atoms with Gasteiger partial charge in [-0.25, -0.2) is 5.43 Å². The van der Waals surface area contributed by atoms with Crippen molar-refractivity contribution < 1.29 is 14.3 Å². The fourth-order valence-corrected chi connectivity index (χ4v) is 3.69. The van der Waals surface area contributed by atoms with Crippen LogP contribution in [0.5, 0.6) is 11.5 Å². The van der Waals surface area contributed by atoms with Gasteiger partial charge in [-0.15, -0.1) is 0 Å². The molecule has 0 atom stereocenters. The highest BCUT2D eigenvalue weighted by Crippen LogP contribution is 2.37. The number of hydrogen-bond donors (Lipinski definition) is 1. The van der Waals surface area contributed by atoms with Gasteiger partial charge in [0.05, 0.1) is 23.7 Å². The van der Waals surface area contributed by atoms with Crippen LogP contribution in [0.15, 0.2) is 70.2 Å². The van der Waals surface area contributed by atoms with Crippen molar-refractivity contribution in [3.63, 3.8) is 0 Å². The summed E-state index contributed by atoms with van der Waals surface area (Å²) in [6, 6.07) is 19.7. The Hall–Kier alpha value is -3.12. The quantitative estimate of drug-likeness (QED) is 0.305. The number of carbonyl (C=O) groups is 1. The summed E-state index contributed by atoms with van der Waals surface area (Å²) in [7, 11) is 0. The van der Waals surface area contributed by atoms with E-state index in [0.29, 0.717) is 24.7 Å². The Morgan fingerprint density at radius 3 is 2.50 bits per heavy atom. The van der Waals surface area contributed by atoms with Crippen molar-refractivity contribution in [3.05, 3.63) is 93.0 Å². The molecular weight excluding hydrogens is 468 g/mol. The second kappa shape index (κ2) is 11.5. The topological polar surface area (TPSA) is 59.9 Å². The number of halogens is 1. The van der Waals surface area contributed by atoms with Crippen molar-refractivity contribution in [3.8, 4) is 11.5 Å². The fraction of sp³-hybridized carbons (Fsp3) is 0.231. The van der Waals surface area contributed by atoms with Gasteiger partial charge in [0.15, 0.2) is 11.5 Å². The third kappa shape index (κ3) is 6.69. The molecule has 0 heterocycles. The summed E-state index contributed by atoms with van der Waals surface area (Å²) in [5.74, 6) is 1.07. The van der Waals surface area contributed by atoms with Gasteiger partial charge in [-0.2, -0.15) is 5.10 Å². The van der Waals surface area contributed by atoms with Crippen LogP contribution in [-0.4, -0.2) is 18.7 Å². The maximum atomic E-state index is 12.2. The predicted octanol–water partition coefficient (Wildman–Crippen LogP) is 5.74. The van der Waals surface area contributed by atoms with Crippen LogP contribution < -0.4 is 14.9 Å². The van der Waals surface area contributed by atoms with Gasteiger partial charge in [0, 0.05) is 0 Å². The number of hydrogen-bond acceptors (Lipinski definition) is 4. The molecule has 0 saturated carbocycles. The van der Waals surface area contributed by atoms with Crippen molar-refractivity contribution in [2.75, 3.05) is 6.61 Å². The van der Waals surface area contributed by atoms with Gasteiger partial charge in [-0.1, -0.05) is 48.5 Å². The van der Waals surface area contributed by atoms with Crippen LogP contribution in [0.2, 0.25) is 0 Å². The molecule has 3 rings (SSSR count). The Morgan fingerprint density at radius 2 is 1.78 bits per heavy atom. The molecule has 0 aliphatic carbocycles. The van der Waals surface area contributed by atoms with E-state index < -0.39 is 0 Å². The molecule has 6 heteroatoms. The third-order valence-corrected chi connectivity index (χ3v) is 5.49. The minimum absolute atomic E-state index is 0.170. The Labute approximate surface area is 197 Å². The Balaban J connectivity index is 1.65. The Kier molecular flexibility index (Phi) is 8.45. The van der Waals surface area contributed by atoms with Crippen molar-refractivity contribution in [1.29, 1.82) is 0 Å². The lowest BCUT2D eigenvalue weighted by Crippen LogP contribution is -2.19. The molecule has 0 unspecified atom stereocenters. The number of nitrogens with zero attached hydrogens (tertiary/aromatic N) is 1. The van der Waals surface area contributed by atoms with Gasteiger partial charge in [0.25, 0.3) is 0 Å². The van der Waals surface area contributed by atoms with Crippen molar-refractivity contribution in [2.24, 2.45) is 5.10 Å². The van der Waals surface area contributed by atoms with Crippen LogP contribution in [0.1, 0.15) is 34.7 Å². The van der Waals surface area contributed by atoms with Crippen molar-refractivity contribution >= 4 is 28.1 Å². The summed E-state index contributed by atoms with van der Waals surface area (Å²) >= 11 is 3.57. The van der Waals surface area contributed by atoms with Crippen LogP contribution >= 0.6 is 15.9 Å². The fourth-order valence-electron chi connectivity index (χ4n) is 3.11. The highest BCUT2D eigenvalue weighted by atomic mass is 79.9. The highest BCUT2D eigenvalue weighted by molar-refractivity contribution is 9.10. The van der Waals surface area contributed by atoms with E-state index in [9.17, 15) is 4.79 Å². The molecule has 0 aliphatic heterocycles. The van der Waals surface area contributed by atoms with Crippen LogP contribution in [0, 0.1) is 13.8 Å².